The molecule has 0 amide bonds. The molecule has 2 aromatic rings. The van der Waals surface area contributed by atoms with Crippen molar-refractivity contribution in [1.29, 1.82) is 0 Å². The van der Waals surface area contributed by atoms with Crippen LogP contribution in [0.5, 0.6) is 5.75 Å². The van der Waals surface area contributed by atoms with Crippen LogP contribution in [-0.4, -0.2) is 28.3 Å². The molecular formula is C14H19N5O. The summed E-state index contributed by atoms with van der Waals surface area (Å²) < 4.78 is 5.33. The van der Waals surface area contributed by atoms with Crippen molar-refractivity contribution in [1.82, 2.24) is 15.2 Å². The van der Waals surface area contributed by atoms with Crippen molar-refractivity contribution in [2.75, 3.05) is 17.7 Å². The van der Waals surface area contributed by atoms with E-state index in [1.165, 1.54) is 0 Å². The minimum atomic E-state index is 0.251. The van der Waals surface area contributed by atoms with Crippen molar-refractivity contribution in [2.24, 2.45) is 0 Å². The molecule has 2 rings (SSSR count). The maximum atomic E-state index is 5.33. The normalized spacial score (nSPS) is 10.4. The number of nitrogens with zero attached hydrogens (tertiary/aromatic N) is 3. The second-order valence-electron chi connectivity index (χ2n) is 4.79. The van der Waals surface area contributed by atoms with Crippen LogP contribution >= 0.6 is 0 Å². The number of nitrogens with one attached hydrogen (secondary N) is 2. The van der Waals surface area contributed by atoms with Gasteiger partial charge in [0.25, 0.3) is 0 Å². The average Bonchev–Trinajstić information content (AvgIpc) is 2.38. The SMILES string of the molecule is COc1ccc(C)cc1Nc1cnnc(NC(C)C)n1. The molecule has 1 heterocycles. The number of aromatic nitrogens is 3. The van der Waals surface area contributed by atoms with E-state index in [0.29, 0.717) is 11.8 Å². The fourth-order valence-electron chi connectivity index (χ4n) is 1.74. The number of methoxy groups -OCH3 is 1. The minimum absolute atomic E-state index is 0.251. The molecule has 106 valence electrons. The number of hydrogen-bond donors (Lipinski definition) is 2. The second-order valence-corrected chi connectivity index (χ2v) is 4.79. The van der Waals surface area contributed by atoms with Gasteiger partial charge in [-0.05, 0) is 38.5 Å². The number of ether oxygens (including phenoxy) is 1. The minimum Gasteiger partial charge on any atom is -0.495 e. The third-order valence-corrected chi connectivity index (χ3v) is 2.59. The Bertz CT molecular complexity index is 586. The van der Waals surface area contributed by atoms with Crippen LogP contribution in [-0.2, 0) is 0 Å². The Morgan fingerprint density at radius 1 is 1.25 bits per heavy atom. The summed E-state index contributed by atoms with van der Waals surface area (Å²) in [5, 5.41) is 14.2. The van der Waals surface area contributed by atoms with Gasteiger partial charge in [-0.3, -0.25) is 0 Å². The maximum Gasteiger partial charge on any atom is 0.244 e. The van der Waals surface area contributed by atoms with E-state index in [-0.39, 0.29) is 6.04 Å². The predicted octanol–water partition coefficient (Wildman–Crippen LogP) is 2.75. The van der Waals surface area contributed by atoms with Crippen molar-refractivity contribution in [3.05, 3.63) is 30.0 Å². The zero-order chi connectivity index (χ0) is 14.5. The first-order valence-electron chi connectivity index (χ1n) is 6.46. The molecule has 0 spiro atoms. The van der Waals surface area contributed by atoms with E-state index in [4.69, 9.17) is 4.74 Å². The van der Waals surface area contributed by atoms with E-state index in [0.717, 1.165) is 17.0 Å². The quantitative estimate of drug-likeness (QED) is 0.872. The third kappa shape index (κ3) is 3.57. The van der Waals surface area contributed by atoms with Gasteiger partial charge in [-0.2, -0.15) is 10.1 Å². The fraction of sp³-hybridized carbons (Fsp3) is 0.357. The molecule has 0 atom stereocenters. The summed E-state index contributed by atoms with van der Waals surface area (Å²) in [7, 11) is 1.64. The Kier molecular flexibility index (Phi) is 4.34. The third-order valence-electron chi connectivity index (χ3n) is 2.59. The molecule has 0 saturated carbocycles. The first-order valence-corrected chi connectivity index (χ1v) is 6.46. The van der Waals surface area contributed by atoms with Crippen LogP contribution in [0.15, 0.2) is 24.4 Å². The van der Waals surface area contributed by atoms with Gasteiger partial charge in [0.15, 0.2) is 5.82 Å². The Balaban J connectivity index is 2.23. The zero-order valence-electron chi connectivity index (χ0n) is 12.1. The highest BCUT2D eigenvalue weighted by Crippen LogP contribution is 2.27. The molecule has 0 fully saturated rings. The average molecular weight is 273 g/mol. The molecule has 2 N–H and O–H groups in total. The van der Waals surface area contributed by atoms with Crippen LogP contribution in [0.3, 0.4) is 0 Å². The number of aryl methyl sites for hydroxylation is 1. The topological polar surface area (TPSA) is 72.0 Å². The highest BCUT2D eigenvalue weighted by atomic mass is 16.5. The second kappa shape index (κ2) is 6.18. The van der Waals surface area contributed by atoms with Gasteiger partial charge < -0.3 is 15.4 Å². The zero-order valence-corrected chi connectivity index (χ0v) is 12.1. The number of benzene rings is 1. The molecule has 0 saturated heterocycles. The van der Waals surface area contributed by atoms with Crippen LogP contribution in [0.4, 0.5) is 17.5 Å². The van der Waals surface area contributed by atoms with Crippen LogP contribution in [0, 0.1) is 6.92 Å². The van der Waals surface area contributed by atoms with Crippen molar-refractivity contribution in [2.45, 2.75) is 26.8 Å². The fourth-order valence-corrected chi connectivity index (χ4v) is 1.74. The Morgan fingerprint density at radius 2 is 2.05 bits per heavy atom. The van der Waals surface area contributed by atoms with E-state index >= 15 is 0 Å². The number of hydrogen-bond acceptors (Lipinski definition) is 6. The molecule has 20 heavy (non-hydrogen) atoms. The molecule has 0 aliphatic rings. The molecule has 1 aromatic carbocycles. The van der Waals surface area contributed by atoms with Gasteiger partial charge in [0.05, 0.1) is 19.0 Å². The molecule has 6 heteroatoms. The van der Waals surface area contributed by atoms with Crippen LogP contribution < -0.4 is 15.4 Å². The lowest BCUT2D eigenvalue weighted by Gasteiger charge is -2.12. The highest BCUT2D eigenvalue weighted by Gasteiger charge is 2.06. The molecule has 0 bridgehead atoms. The molecule has 0 aliphatic heterocycles. The van der Waals surface area contributed by atoms with Gasteiger partial charge in [-0.1, -0.05) is 6.07 Å². The summed E-state index contributed by atoms with van der Waals surface area (Å²) in [5.41, 5.74) is 1.99. The summed E-state index contributed by atoms with van der Waals surface area (Å²) in [6.45, 7) is 6.06. The maximum absolute atomic E-state index is 5.33. The lowest BCUT2D eigenvalue weighted by molar-refractivity contribution is 0.416. The lowest BCUT2D eigenvalue weighted by atomic mass is 10.2. The van der Waals surface area contributed by atoms with E-state index in [1.54, 1.807) is 13.3 Å². The first-order chi connectivity index (χ1) is 9.58. The monoisotopic (exact) mass is 273 g/mol. The molecule has 0 radical (unpaired) electrons. The predicted molar refractivity (Wildman–Crippen MR) is 79.6 cm³/mol. The number of anilines is 3. The lowest BCUT2D eigenvalue weighted by Crippen LogP contribution is -2.13. The van der Waals surface area contributed by atoms with Gasteiger partial charge in [0.2, 0.25) is 5.95 Å². The van der Waals surface area contributed by atoms with Gasteiger partial charge >= 0.3 is 0 Å². The van der Waals surface area contributed by atoms with Crippen LogP contribution in [0.1, 0.15) is 19.4 Å². The van der Waals surface area contributed by atoms with Crippen molar-refractivity contribution < 1.29 is 4.74 Å². The van der Waals surface area contributed by atoms with Crippen LogP contribution in [0.25, 0.3) is 0 Å². The van der Waals surface area contributed by atoms with Gasteiger partial charge in [-0.15, -0.1) is 5.10 Å². The van der Waals surface area contributed by atoms with Gasteiger partial charge in [-0.25, -0.2) is 0 Å². The molecule has 0 unspecified atom stereocenters. The smallest absolute Gasteiger partial charge is 0.244 e. The molecule has 6 nitrogen and oxygen atoms in total. The van der Waals surface area contributed by atoms with Crippen LogP contribution in [0.2, 0.25) is 0 Å². The highest BCUT2D eigenvalue weighted by molar-refractivity contribution is 5.65. The summed E-state index contributed by atoms with van der Waals surface area (Å²) in [4.78, 5) is 4.36. The van der Waals surface area contributed by atoms with Crippen molar-refractivity contribution >= 4 is 17.5 Å². The van der Waals surface area contributed by atoms with Crippen molar-refractivity contribution in [3.63, 3.8) is 0 Å². The van der Waals surface area contributed by atoms with E-state index in [1.807, 2.05) is 39.0 Å². The molecular weight excluding hydrogens is 254 g/mol. The summed E-state index contributed by atoms with van der Waals surface area (Å²) >= 11 is 0. The Labute approximate surface area is 118 Å². The van der Waals surface area contributed by atoms with Gasteiger partial charge in [0.1, 0.15) is 5.75 Å². The summed E-state index contributed by atoms with van der Waals surface area (Å²) in [5.74, 6) is 1.87. The van der Waals surface area contributed by atoms with E-state index in [9.17, 15) is 0 Å². The molecule has 0 aliphatic carbocycles. The Morgan fingerprint density at radius 3 is 2.75 bits per heavy atom. The van der Waals surface area contributed by atoms with E-state index in [2.05, 4.69) is 25.8 Å². The van der Waals surface area contributed by atoms with Crippen molar-refractivity contribution in [3.8, 4) is 5.75 Å². The first kappa shape index (κ1) is 14.0. The molecule has 1 aromatic heterocycles. The van der Waals surface area contributed by atoms with Gasteiger partial charge in [0, 0.05) is 6.04 Å². The Hall–Kier alpha value is -2.37. The largest absolute Gasteiger partial charge is 0.495 e. The summed E-state index contributed by atoms with van der Waals surface area (Å²) in [6.07, 6.45) is 1.58. The summed E-state index contributed by atoms with van der Waals surface area (Å²) in [6, 6.07) is 6.16. The number of rotatable bonds is 5. The standard InChI is InChI=1S/C14H19N5O/c1-9(2)16-14-18-13(8-15-19-14)17-11-7-10(3)5-6-12(11)20-4/h5-9H,1-4H3,(H2,16,17,18,19). The van der Waals surface area contributed by atoms with E-state index < -0.39 is 0 Å².